The molecule has 0 aliphatic heterocycles. The van der Waals surface area contributed by atoms with Gasteiger partial charge in [0.05, 0.1) is 0 Å². The third-order valence-electron chi connectivity index (χ3n) is 4.91. The lowest BCUT2D eigenvalue weighted by atomic mass is 9.84. The fourth-order valence-electron chi connectivity index (χ4n) is 3.48. The van der Waals surface area contributed by atoms with Gasteiger partial charge in [-0.1, -0.05) is 43.5 Å². The minimum absolute atomic E-state index is 0.437. The van der Waals surface area contributed by atoms with Crippen LogP contribution in [0.25, 0.3) is 0 Å². The predicted molar refractivity (Wildman–Crippen MR) is 91.9 cm³/mol. The van der Waals surface area contributed by atoms with Gasteiger partial charge >= 0.3 is 0 Å². The third kappa shape index (κ3) is 4.70. The van der Waals surface area contributed by atoms with Crippen LogP contribution in [0.15, 0.2) is 24.3 Å². The van der Waals surface area contributed by atoms with E-state index in [0.717, 1.165) is 17.5 Å². The highest BCUT2D eigenvalue weighted by Gasteiger charge is 2.26. The van der Waals surface area contributed by atoms with Crippen LogP contribution in [0.1, 0.15) is 51.1 Å². The number of nitrogens with zero attached hydrogens (tertiary/aromatic N) is 1. The van der Waals surface area contributed by atoms with Crippen molar-refractivity contribution in [3.05, 3.63) is 34.9 Å². The summed E-state index contributed by atoms with van der Waals surface area (Å²) in [6.45, 7) is 6.75. The fourth-order valence-corrected chi connectivity index (χ4v) is 3.61. The topological polar surface area (TPSA) is 15.3 Å². The van der Waals surface area contributed by atoms with Crippen LogP contribution in [-0.2, 0) is 0 Å². The predicted octanol–water partition coefficient (Wildman–Crippen LogP) is 4.50. The Hall–Kier alpha value is -0.570. The number of halogens is 1. The van der Waals surface area contributed by atoms with Crippen LogP contribution in [0.2, 0.25) is 5.02 Å². The zero-order valence-electron chi connectivity index (χ0n) is 13.6. The van der Waals surface area contributed by atoms with E-state index in [4.69, 9.17) is 11.6 Å². The van der Waals surface area contributed by atoms with Crippen LogP contribution < -0.4 is 5.32 Å². The quantitative estimate of drug-likeness (QED) is 0.832. The zero-order valence-corrected chi connectivity index (χ0v) is 14.4. The van der Waals surface area contributed by atoms with E-state index in [0.29, 0.717) is 12.1 Å². The molecule has 0 radical (unpaired) electrons. The summed E-state index contributed by atoms with van der Waals surface area (Å²) in [5.74, 6) is 0.776. The molecule has 3 atom stereocenters. The number of hydrogen-bond acceptors (Lipinski definition) is 2. The summed E-state index contributed by atoms with van der Waals surface area (Å²) in [5.41, 5.74) is 1.35. The molecule has 0 bridgehead atoms. The molecule has 1 N–H and O–H groups in total. The monoisotopic (exact) mass is 308 g/mol. The lowest BCUT2D eigenvalue weighted by Crippen LogP contribution is -2.43. The second-order valence-corrected chi connectivity index (χ2v) is 6.81. The molecule has 0 aromatic heterocycles. The molecular weight excluding hydrogens is 280 g/mol. The van der Waals surface area contributed by atoms with Gasteiger partial charge < -0.3 is 5.32 Å². The molecular formula is C18H29ClN2. The number of nitrogens with one attached hydrogen (secondary N) is 1. The summed E-state index contributed by atoms with van der Waals surface area (Å²) in [6, 6.07) is 9.40. The summed E-state index contributed by atoms with van der Waals surface area (Å²) in [6.07, 6.45) is 5.46. The van der Waals surface area contributed by atoms with Crippen LogP contribution in [-0.4, -0.2) is 31.1 Å². The highest BCUT2D eigenvalue weighted by molar-refractivity contribution is 6.30. The average molecular weight is 309 g/mol. The molecule has 0 heterocycles. The molecule has 1 saturated carbocycles. The van der Waals surface area contributed by atoms with Crippen molar-refractivity contribution in [1.82, 2.24) is 10.2 Å². The minimum Gasteiger partial charge on any atom is -0.314 e. The molecule has 2 nitrogen and oxygen atoms in total. The van der Waals surface area contributed by atoms with Crippen molar-refractivity contribution in [2.75, 3.05) is 20.1 Å². The second-order valence-electron chi connectivity index (χ2n) is 6.38. The molecule has 21 heavy (non-hydrogen) atoms. The van der Waals surface area contributed by atoms with Crippen LogP contribution in [0.5, 0.6) is 0 Å². The number of rotatable bonds is 6. The molecule has 3 heteroatoms. The lowest BCUT2D eigenvalue weighted by Gasteiger charge is -2.36. The second kappa shape index (κ2) is 8.17. The lowest BCUT2D eigenvalue weighted by molar-refractivity contribution is 0.162. The summed E-state index contributed by atoms with van der Waals surface area (Å²) < 4.78 is 0. The largest absolute Gasteiger partial charge is 0.314 e. The van der Waals surface area contributed by atoms with Gasteiger partial charge in [-0.25, -0.2) is 0 Å². The normalized spacial score (nSPS) is 24.2. The Morgan fingerprint density at radius 1 is 1.24 bits per heavy atom. The van der Waals surface area contributed by atoms with E-state index in [9.17, 15) is 0 Å². The molecule has 0 spiro atoms. The standard InChI is InChI=1S/C18H29ClN2/c1-4-20-18-8-6-5-7-16(18)13-21(3)14(2)15-9-11-17(19)12-10-15/h9-12,14,16,18,20H,4-8,13H2,1-3H3. The first-order chi connectivity index (χ1) is 10.1. The summed E-state index contributed by atoms with van der Waals surface area (Å²) in [4.78, 5) is 2.49. The van der Waals surface area contributed by atoms with Gasteiger partial charge in [0.2, 0.25) is 0 Å². The van der Waals surface area contributed by atoms with Crippen LogP contribution in [0.3, 0.4) is 0 Å². The van der Waals surface area contributed by atoms with E-state index < -0.39 is 0 Å². The Labute approximate surface area is 134 Å². The zero-order chi connectivity index (χ0) is 15.2. The van der Waals surface area contributed by atoms with Gasteiger partial charge in [-0.05, 0) is 57.0 Å². The first-order valence-electron chi connectivity index (χ1n) is 8.31. The molecule has 1 fully saturated rings. The Morgan fingerprint density at radius 3 is 2.57 bits per heavy atom. The van der Waals surface area contributed by atoms with Gasteiger partial charge in [-0.2, -0.15) is 0 Å². The Morgan fingerprint density at radius 2 is 1.90 bits per heavy atom. The number of benzene rings is 1. The van der Waals surface area contributed by atoms with E-state index in [2.05, 4.69) is 43.2 Å². The molecule has 1 aromatic carbocycles. The van der Waals surface area contributed by atoms with Gasteiger partial charge in [-0.3, -0.25) is 4.90 Å². The summed E-state index contributed by atoms with van der Waals surface area (Å²) >= 11 is 5.98. The average Bonchev–Trinajstić information content (AvgIpc) is 2.49. The first-order valence-corrected chi connectivity index (χ1v) is 8.68. The fraction of sp³-hybridized carbons (Fsp3) is 0.667. The van der Waals surface area contributed by atoms with Crippen molar-refractivity contribution in [3.63, 3.8) is 0 Å². The Kier molecular flexibility index (Phi) is 6.53. The van der Waals surface area contributed by atoms with Crippen LogP contribution in [0.4, 0.5) is 0 Å². The van der Waals surface area contributed by atoms with Gasteiger partial charge in [0.15, 0.2) is 0 Å². The molecule has 0 amide bonds. The summed E-state index contributed by atoms with van der Waals surface area (Å²) in [7, 11) is 2.25. The maximum Gasteiger partial charge on any atom is 0.0406 e. The minimum atomic E-state index is 0.437. The molecule has 2 rings (SSSR count). The number of hydrogen-bond donors (Lipinski definition) is 1. The Balaban J connectivity index is 1.95. The smallest absolute Gasteiger partial charge is 0.0406 e. The molecule has 1 aliphatic carbocycles. The maximum absolute atomic E-state index is 5.98. The SMILES string of the molecule is CCNC1CCCCC1CN(C)C(C)c1ccc(Cl)cc1. The van der Waals surface area contributed by atoms with Crippen molar-refractivity contribution in [2.45, 2.75) is 51.6 Å². The van der Waals surface area contributed by atoms with E-state index in [1.54, 1.807) is 0 Å². The van der Waals surface area contributed by atoms with E-state index in [-0.39, 0.29) is 0 Å². The van der Waals surface area contributed by atoms with E-state index in [1.165, 1.54) is 37.8 Å². The molecule has 1 aromatic rings. The summed E-state index contributed by atoms with van der Waals surface area (Å²) in [5, 5.41) is 4.50. The van der Waals surface area contributed by atoms with E-state index in [1.807, 2.05) is 12.1 Å². The highest BCUT2D eigenvalue weighted by Crippen LogP contribution is 2.28. The van der Waals surface area contributed by atoms with Crippen molar-refractivity contribution >= 4 is 11.6 Å². The Bertz CT molecular complexity index is 416. The van der Waals surface area contributed by atoms with Gasteiger partial charge in [0.1, 0.15) is 0 Å². The first kappa shape index (κ1) is 16.8. The molecule has 0 saturated heterocycles. The van der Waals surface area contributed by atoms with Gasteiger partial charge in [-0.15, -0.1) is 0 Å². The van der Waals surface area contributed by atoms with Gasteiger partial charge in [0, 0.05) is 23.7 Å². The van der Waals surface area contributed by atoms with Crippen molar-refractivity contribution in [2.24, 2.45) is 5.92 Å². The molecule has 3 unspecified atom stereocenters. The van der Waals surface area contributed by atoms with Gasteiger partial charge in [0.25, 0.3) is 0 Å². The van der Waals surface area contributed by atoms with Crippen molar-refractivity contribution in [3.8, 4) is 0 Å². The van der Waals surface area contributed by atoms with Crippen molar-refractivity contribution < 1.29 is 0 Å². The maximum atomic E-state index is 5.98. The van der Waals surface area contributed by atoms with Crippen molar-refractivity contribution in [1.29, 1.82) is 0 Å². The van der Waals surface area contributed by atoms with Crippen LogP contribution in [0, 0.1) is 5.92 Å². The van der Waals surface area contributed by atoms with E-state index >= 15 is 0 Å². The van der Waals surface area contributed by atoms with Crippen LogP contribution >= 0.6 is 11.6 Å². The third-order valence-corrected chi connectivity index (χ3v) is 5.16. The molecule has 118 valence electrons. The highest BCUT2D eigenvalue weighted by atomic mass is 35.5. The molecule has 1 aliphatic rings.